The largest absolute Gasteiger partial charge is 0.455 e. The zero-order valence-electron chi connectivity index (χ0n) is 9.09. The molecule has 0 bridgehead atoms. The van der Waals surface area contributed by atoms with Crippen LogP contribution in [-0.4, -0.2) is 0 Å². The predicted molar refractivity (Wildman–Crippen MR) is 72.5 cm³/mol. The highest BCUT2D eigenvalue weighted by molar-refractivity contribution is 6.34. The first-order chi connectivity index (χ1) is 8.60. The highest BCUT2D eigenvalue weighted by Crippen LogP contribution is 2.34. The molecule has 0 aromatic heterocycles. The van der Waals surface area contributed by atoms with Gasteiger partial charge in [-0.1, -0.05) is 23.2 Å². The zero-order valence-corrected chi connectivity index (χ0v) is 11.4. The number of ether oxygens (including phenoxy) is 1. The summed E-state index contributed by atoms with van der Waals surface area (Å²) in [5.41, 5.74) is 0.549. The molecule has 0 spiro atoms. The summed E-state index contributed by atoms with van der Waals surface area (Å²) in [6, 6.07) is 8.99. The fourth-order valence-corrected chi connectivity index (χ4v) is 1.95. The van der Waals surface area contributed by atoms with Crippen molar-refractivity contribution in [3.63, 3.8) is 0 Å². The minimum Gasteiger partial charge on any atom is -0.455 e. The summed E-state index contributed by atoms with van der Waals surface area (Å²) in [5.74, 6) is 0.638. The molecule has 5 heteroatoms. The molecule has 0 saturated carbocycles. The third-order valence-electron chi connectivity index (χ3n) is 2.28. The fraction of sp³-hybridized carbons (Fsp3) is 0.0769. The molecule has 0 fully saturated rings. The molecule has 94 valence electrons. The van der Waals surface area contributed by atoms with Crippen LogP contribution in [0.1, 0.15) is 5.56 Å². The van der Waals surface area contributed by atoms with Gasteiger partial charge in [0.25, 0.3) is 0 Å². The quantitative estimate of drug-likeness (QED) is 0.664. The molecule has 0 N–H and O–H groups in total. The Balaban J connectivity index is 2.36. The topological polar surface area (TPSA) is 9.23 Å². The average molecular weight is 306 g/mol. The molecule has 0 aliphatic heterocycles. The van der Waals surface area contributed by atoms with Crippen molar-refractivity contribution in [2.75, 3.05) is 0 Å². The van der Waals surface area contributed by atoms with Gasteiger partial charge in [-0.15, -0.1) is 11.6 Å². The zero-order chi connectivity index (χ0) is 13.1. The van der Waals surface area contributed by atoms with Crippen LogP contribution in [0, 0.1) is 5.82 Å². The van der Waals surface area contributed by atoms with Gasteiger partial charge in [0.1, 0.15) is 17.3 Å². The van der Waals surface area contributed by atoms with E-state index in [0.29, 0.717) is 27.1 Å². The summed E-state index contributed by atoms with van der Waals surface area (Å²) in [7, 11) is 0. The monoisotopic (exact) mass is 304 g/mol. The van der Waals surface area contributed by atoms with Crippen molar-refractivity contribution >= 4 is 34.8 Å². The average Bonchev–Trinajstić information content (AvgIpc) is 2.36. The van der Waals surface area contributed by atoms with E-state index in [2.05, 4.69) is 0 Å². The molecule has 0 heterocycles. The van der Waals surface area contributed by atoms with E-state index >= 15 is 0 Å². The molecule has 18 heavy (non-hydrogen) atoms. The normalized spacial score (nSPS) is 10.4. The Labute approximate surface area is 119 Å². The van der Waals surface area contributed by atoms with Crippen molar-refractivity contribution in [2.24, 2.45) is 0 Å². The third-order valence-corrected chi connectivity index (χ3v) is 3.11. The van der Waals surface area contributed by atoms with Crippen LogP contribution in [0.4, 0.5) is 4.39 Å². The standard InChI is InChI=1S/C13H8Cl3FO/c14-7-8-5-10(17)2-4-12(8)18-13-6-9(15)1-3-11(13)16/h1-6H,7H2. The Bertz CT molecular complexity index is 572. The second-order valence-corrected chi connectivity index (χ2v) is 4.67. The van der Waals surface area contributed by atoms with E-state index in [4.69, 9.17) is 39.5 Å². The lowest BCUT2D eigenvalue weighted by Crippen LogP contribution is -1.91. The maximum Gasteiger partial charge on any atom is 0.147 e. The highest BCUT2D eigenvalue weighted by atomic mass is 35.5. The number of rotatable bonds is 3. The number of benzene rings is 2. The van der Waals surface area contributed by atoms with Crippen LogP contribution in [-0.2, 0) is 5.88 Å². The van der Waals surface area contributed by atoms with E-state index in [1.54, 1.807) is 18.2 Å². The van der Waals surface area contributed by atoms with Crippen molar-refractivity contribution < 1.29 is 9.13 Å². The molecular weight excluding hydrogens is 297 g/mol. The van der Waals surface area contributed by atoms with Gasteiger partial charge in [0.2, 0.25) is 0 Å². The van der Waals surface area contributed by atoms with Crippen LogP contribution in [0.25, 0.3) is 0 Å². The van der Waals surface area contributed by atoms with Crippen LogP contribution in [0.5, 0.6) is 11.5 Å². The van der Waals surface area contributed by atoms with E-state index in [-0.39, 0.29) is 11.7 Å². The Morgan fingerprint density at radius 1 is 1.00 bits per heavy atom. The van der Waals surface area contributed by atoms with Crippen LogP contribution < -0.4 is 4.74 Å². The van der Waals surface area contributed by atoms with Gasteiger partial charge < -0.3 is 4.74 Å². The molecule has 0 aliphatic rings. The van der Waals surface area contributed by atoms with Gasteiger partial charge in [-0.25, -0.2) is 4.39 Å². The number of hydrogen-bond acceptors (Lipinski definition) is 1. The van der Waals surface area contributed by atoms with E-state index < -0.39 is 0 Å². The molecule has 0 atom stereocenters. The molecule has 2 rings (SSSR count). The molecule has 2 aromatic rings. The summed E-state index contributed by atoms with van der Waals surface area (Å²) >= 11 is 17.6. The maximum atomic E-state index is 13.1. The molecule has 0 unspecified atom stereocenters. The van der Waals surface area contributed by atoms with Gasteiger partial charge in [0.05, 0.1) is 10.9 Å². The lowest BCUT2D eigenvalue weighted by atomic mass is 10.2. The van der Waals surface area contributed by atoms with E-state index in [1.807, 2.05) is 0 Å². The molecule has 1 nitrogen and oxygen atoms in total. The van der Waals surface area contributed by atoms with E-state index in [9.17, 15) is 4.39 Å². The Morgan fingerprint density at radius 2 is 1.78 bits per heavy atom. The molecule has 0 amide bonds. The van der Waals surface area contributed by atoms with Gasteiger partial charge in [0, 0.05) is 16.7 Å². The molecule has 0 aliphatic carbocycles. The smallest absolute Gasteiger partial charge is 0.147 e. The lowest BCUT2D eigenvalue weighted by molar-refractivity contribution is 0.476. The van der Waals surface area contributed by atoms with Crippen molar-refractivity contribution in [1.29, 1.82) is 0 Å². The molecular formula is C13H8Cl3FO. The second-order valence-electron chi connectivity index (χ2n) is 3.56. The van der Waals surface area contributed by atoms with E-state index in [1.165, 1.54) is 18.2 Å². The van der Waals surface area contributed by atoms with Gasteiger partial charge in [-0.3, -0.25) is 0 Å². The SMILES string of the molecule is Fc1ccc(Oc2cc(Cl)ccc2Cl)c(CCl)c1. The van der Waals surface area contributed by atoms with Gasteiger partial charge in [-0.05, 0) is 30.3 Å². The van der Waals surface area contributed by atoms with Crippen LogP contribution in [0.15, 0.2) is 36.4 Å². The summed E-state index contributed by atoms with van der Waals surface area (Å²) in [5, 5.41) is 0.924. The van der Waals surface area contributed by atoms with Crippen molar-refractivity contribution in [3.8, 4) is 11.5 Å². The number of hydrogen-bond donors (Lipinski definition) is 0. The highest BCUT2D eigenvalue weighted by Gasteiger charge is 2.09. The molecule has 2 aromatic carbocycles. The van der Waals surface area contributed by atoms with Gasteiger partial charge in [-0.2, -0.15) is 0 Å². The third kappa shape index (κ3) is 3.08. The lowest BCUT2D eigenvalue weighted by Gasteiger charge is -2.11. The summed E-state index contributed by atoms with van der Waals surface area (Å²) in [6.07, 6.45) is 0. The van der Waals surface area contributed by atoms with Gasteiger partial charge >= 0.3 is 0 Å². The fourth-order valence-electron chi connectivity index (χ4n) is 1.43. The molecule has 0 radical (unpaired) electrons. The summed E-state index contributed by atoms with van der Waals surface area (Å²) < 4.78 is 18.7. The van der Waals surface area contributed by atoms with Crippen LogP contribution in [0.3, 0.4) is 0 Å². The first-order valence-corrected chi connectivity index (χ1v) is 6.36. The first-order valence-electron chi connectivity index (χ1n) is 5.07. The van der Waals surface area contributed by atoms with Crippen molar-refractivity contribution in [2.45, 2.75) is 5.88 Å². The molecule has 0 saturated heterocycles. The minimum atomic E-state index is -0.366. The summed E-state index contributed by atoms with van der Waals surface area (Å²) in [6.45, 7) is 0. The minimum absolute atomic E-state index is 0.144. The Morgan fingerprint density at radius 3 is 2.50 bits per heavy atom. The second kappa shape index (κ2) is 5.79. The van der Waals surface area contributed by atoms with Gasteiger partial charge in [0.15, 0.2) is 0 Å². The predicted octanol–water partition coefficient (Wildman–Crippen LogP) is 5.66. The first kappa shape index (κ1) is 13.5. The van der Waals surface area contributed by atoms with Crippen LogP contribution >= 0.6 is 34.8 Å². The maximum absolute atomic E-state index is 13.1. The van der Waals surface area contributed by atoms with E-state index in [0.717, 1.165) is 0 Å². The van der Waals surface area contributed by atoms with Crippen molar-refractivity contribution in [1.82, 2.24) is 0 Å². The summed E-state index contributed by atoms with van der Waals surface area (Å²) in [4.78, 5) is 0. The number of alkyl halides is 1. The van der Waals surface area contributed by atoms with Crippen molar-refractivity contribution in [3.05, 3.63) is 57.8 Å². The Hall–Kier alpha value is -0.960. The Kier molecular flexibility index (Phi) is 4.33. The van der Waals surface area contributed by atoms with Crippen LogP contribution in [0.2, 0.25) is 10.0 Å². The number of halogens is 4.